The molecule has 0 saturated heterocycles. The zero-order valence-electron chi connectivity index (χ0n) is 15.1. The summed E-state index contributed by atoms with van der Waals surface area (Å²) < 4.78 is 2.86. The van der Waals surface area contributed by atoms with Crippen LogP contribution < -0.4 is 28.2 Å². The van der Waals surface area contributed by atoms with Crippen LogP contribution in [-0.2, 0) is 17.9 Å². The van der Waals surface area contributed by atoms with Gasteiger partial charge < -0.3 is 16.3 Å². The SMILES string of the molecule is Cc1ccc(Cn2c(=NC3NC=CS3)n(N)c(=O)n(CCC(=O)O)c2=O)cc1. The number of nitrogens with zero attached hydrogens (tertiary/aromatic N) is 4. The van der Waals surface area contributed by atoms with E-state index in [0.717, 1.165) is 20.4 Å². The van der Waals surface area contributed by atoms with Crippen molar-refractivity contribution in [1.29, 1.82) is 0 Å². The summed E-state index contributed by atoms with van der Waals surface area (Å²) in [7, 11) is 0. The number of aliphatic carboxylic acids is 1. The van der Waals surface area contributed by atoms with Crippen LogP contribution in [0.4, 0.5) is 0 Å². The molecule has 10 nitrogen and oxygen atoms in total. The molecule has 0 aliphatic carbocycles. The molecule has 1 atom stereocenters. The monoisotopic (exact) mass is 404 g/mol. The van der Waals surface area contributed by atoms with Gasteiger partial charge in [0.15, 0.2) is 5.50 Å². The van der Waals surface area contributed by atoms with Gasteiger partial charge in [-0.3, -0.25) is 9.36 Å². The first kappa shape index (κ1) is 19.5. The summed E-state index contributed by atoms with van der Waals surface area (Å²) in [6.07, 6.45) is 1.33. The van der Waals surface area contributed by atoms with Crippen LogP contribution in [0.25, 0.3) is 0 Å². The second kappa shape index (κ2) is 8.21. The summed E-state index contributed by atoms with van der Waals surface area (Å²) in [6.45, 7) is 1.80. The lowest BCUT2D eigenvalue weighted by atomic mass is 10.1. The van der Waals surface area contributed by atoms with Gasteiger partial charge in [-0.25, -0.2) is 19.1 Å². The van der Waals surface area contributed by atoms with Crippen molar-refractivity contribution in [1.82, 2.24) is 19.1 Å². The Balaban J connectivity index is 2.16. The fourth-order valence-electron chi connectivity index (χ4n) is 2.65. The first-order valence-electron chi connectivity index (χ1n) is 8.46. The van der Waals surface area contributed by atoms with Crippen LogP contribution in [0, 0.1) is 6.92 Å². The Hall–Kier alpha value is -3.21. The highest BCUT2D eigenvalue weighted by molar-refractivity contribution is 8.02. The van der Waals surface area contributed by atoms with E-state index in [4.69, 9.17) is 10.9 Å². The lowest BCUT2D eigenvalue weighted by Crippen LogP contribution is -2.58. The Morgan fingerprint density at radius 2 is 1.96 bits per heavy atom. The van der Waals surface area contributed by atoms with Crippen LogP contribution in [0.1, 0.15) is 17.5 Å². The third-order valence-electron chi connectivity index (χ3n) is 4.11. The van der Waals surface area contributed by atoms with Crippen molar-refractivity contribution in [3.05, 3.63) is 73.6 Å². The molecule has 0 bridgehead atoms. The van der Waals surface area contributed by atoms with E-state index in [9.17, 15) is 14.4 Å². The number of hydrogen-bond donors (Lipinski definition) is 3. The smallest absolute Gasteiger partial charge is 0.353 e. The van der Waals surface area contributed by atoms with E-state index in [-0.39, 0.29) is 25.1 Å². The van der Waals surface area contributed by atoms with Crippen molar-refractivity contribution in [2.45, 2.75) is 31.9 Å². The molecule has 2 heterocycles. The first-order valence-corrected chi connectivity index (χ1v) is 9.40. The Morgan fingerprint density at radius 3 is 2.57 bits per heavy atom. The number of carboxylic acid groups (broad SMARTS) is 1. The molecule has 1 aromatic heterocycles. The quantitative estimate of drug-likeness (QED) is 0.544. The van der Waals surface area contributed by atoms with Gasteiger partial charge in [-0.1, -0.05) is 41.6 Å². The van der Waals surface area contributed by atoms with Gasteiger partial charge in [0, 0.05) is 12.7 Å². The molecule has 3 rings (SSSR count). The average molecular weight is 404 g/mol. The number of nitrogens with one attached hydrogen (secondary N) is 1. The number of aryl methyl sites for hydroxylation is 1. The maximum absolute atomic E-state index is 13.0. The molecule has 0 radical (unpaired) electrons. The van der Waals surface area contributed by atoms with Gasteiger partial charge in [0.05, 0.1) is 13.0 Å². The zero-order valence-corrected chi connectivity index (χ0v) is 15.9. The number of benzene rings is 1. The number of rotatable bonds is 6. The highest BCUT2D eigenvalue weighted by Gasteiger charge is 2.16. The first-order chi connectivity index (χ1) is 13.4. The molecule has 11 heteroatoms. The Kier molecular flexibility index (Phi) is 5.73. The topological polar surface area (TPSA) is 137 Å². The lowest BCUT2D eigenvalue weighted by Gasteiger charge is -2.15. The molecule has 0 amide bonds. The summed E-state index contributed by atoms with van der Waals surface area (Å²) in [5.74, 6) is 4.82. The fraction of sp³-hybridized carbons (Fsp3) is 0.294. The molecule has 1 unspecified atom stereocenters. The second-order valence-corrected chi connectivity index (χ2v) is 7.18. The lowest BCUT2D eigenvalue weighted by molar-refractivity contribution is -0.137. The largest absolute Gasteiger partial charge is 0.481 e. The van der Waals surface area contributed by atoms with Crippen molar-refractivity contribution >= 4 is 17.7 Å². The number of carbonyl (C=O) groups is 1. The van der Waals surface area contributed by atoms with Gasteiger partial charge >= 0.3 is 17.3 Å². The minimum atomic E-state index is -1.12. The summed E-state index contributed by atoms with van der Waals surface area (Å²) in [5, 5.41) is 13.7. The van der Waals surface area contributed by atoms with Crippen LogP contribution in [0.2, 0.25) is 0 Å². The number of nitrogen functional groups attached to an aromatic ring is 1. The number of carboxylic acids is 1. The molecule has 1 aromatic carbocycles. The van der Waals surface area contributed by atoms with Crippen LogP contribution in [0.5, 0.6) is 0 Å². The van der Waals surface area contributed by atoms with Crippen molar-refractivity contribution in [2.24, 2.45) is 4.99 Å². The fourth-order valence-corrected chi connectivity index (χ4v) is 3.27. The Bertz CT molecular complexity index is 1090. The van der Waals surface area contributed by atoms with Crippen LogP contribution in [0.15, 0.2) is 50.5 Å². The van der Waals surface area contributed by atoms with E-state index in [1.54, 1.807) is 11.6 Å². The predicted molar refractivity (Wildman–Crippen MR) is 105 cm³/mol. The summed E-state index contributed by atoms with van der Waals surface area (Å²) >= 11 is 1.36. The molecule has 0 saturated carbocycles. The highest BCUT2D eigenvalue weighted by Crippen LogP contribution is 2.15. The van der Waals surface area contributed by atoms with E-state index in [1.807, 2.05) is 31.2 Å². The van der Waals surface area contributed by atoms with E-state index in [2.05, 4.69) is 10.3 Å². The van der Waals surface area contributed by atoms with Gasteiger partial charge in [0.1, 0.15) is 0 Å². The standard InChI is InChI=1S/C17H20N6O4S/c1-11-2-4-12(5-3-11)10-22-15(20-14-19-7-9-28-14)23(18)17(27)21(16(22)26)8-6-13(24)25/h2-5,7,9,14,19H,6,8,10,18H2,1H3,(H,24,25). The van der Waals surface area contributed by atoms with Crippen molar-refractivity contribution < 1.29 is 9.90 Å². The van der Waals surface area contributed by atoms with E-state index in [0.29, 0.717) is 0 Å². The van der Waals surface area contributed by atoms with Gasteiger partial charge in [-0.2, -0.15) is 4.68 Å². The molecule has 0 fully saturated rings. The molecule has 28 heavy (non-hydrogen) atoms. The summed E-state index contributed by atoms with van der Waals surface area (Å²) in [5.41, 5.74) is -0.0235. The number of nitrogens with two attached hydrogens (primary N) is 1. The van der Waals surface area contributed by atoms with Crippen LogP contribution >= 0.6 is 11.8 Å². The van der Waals surface area contributed by atoms with Crippen LogP contribution in [-0.4, -0.2) is 30.4 Å². The van der Waals surface area contributed by atoms with Crippen molar-refractivity contribution in [3.8, 4) is 0 Å². The predicted octanol–water partition coefficient (Wildman–Crippen LogP) is -0.651. The van der Waals surface area contributed by atoms with Crippen molar-refractivity contribution in [3.63, 3.8) is 0 Å². The number of aromatic nitrogens is 3. The minimum absolute atomic E-state index is 0.00384. The normalized spacial score (nSPS) is 16.3. The maximum atomic E-state index is 13.0. The summed E-state index contributed by atoms with van der Waals surface area (Å²) in [4.78, 5) is 40.8. The molecule has 4 N–H and O–H groups in total. The number of thioether (sulfide) groups is 1. The average Bonchev–Trinajstić information content (AvgIpc) is 3.17. The molecular formula is C17H20N6O4S. The van der Waals surface area contributed by atoms with Gasteiger partial charge in [-0.05, 0) is 17.9 Å². The Morgan fingerprint density at radius 1 is 1.25 bits per heavy atom. The highest BCUT2D eigenvalue weighted by atomic mass is 32.2. The summed E-state index contributed by atoms with van der Waals surface area (Å²) in [6, 6.07) is 7.55. The van der Waals surface area contributed by atoms with Gasteiger partial charge in [0.25, 0.3) is 0 Å². The second-order valence-electron chi connectivity index (χ2n) is 6.19. The van der Waals surface area contributed by atoms with Gasteiger partial charge in [0.2, 0.25) is 5.62 Å². The molecule has 148 valence electrons. The molecule has 1 aliphatic heterocycles. The zero-order chi connectivity index (χ0) is 20.3. The van der Waals surface area contributed by atoms with E-state index in [1.165, 1.54) is 16.3 Å². The van der Waals surface area contributed by atoms with E-state index >= 15 is 0 Å². The number of hydrogen-bond acceptors (Lipinski definition) is 7. The van der Waals surface area contributed by atoms with Gasteiger partial charge in [-0.15, -0.1) is 0 Å². The minimum Gasteiger partial charge on any atom is -0.481 e. The third-order valence-corrected chi connectivity index (χ3v) is 4.91. The molecule has 0 spiro atoms. The molecule has 2 aromatic rings. The maximum Gasteiger partial charge on any atom is 0.353 e. The van der Waals surface area contributed by atoms with Crippen LogP contribution in [0.3, 0.4) is 0 Å². The van der Waals surface area contributed by atoms with Crippen molar-refractivity contribution in [2.75, 3.05) is 5.84 Å². The third kappa shape index (κ3) is 4.19. The molecule has 1 aliphatic rings. The van der Waals surface area contributed by atoms with E-state index < -0.39 is 22.8 Å². The molecular weight excluding hydrogens is 384 g/mol. The Labute approximate surface area is 163 Å².